The molecule has 0 bridgehead atoms. The van der Waals surface area contributed by atoms with E-state index in [-0.39, 0.29) is 11.4 Å². The van der Waals surface area contributed by atoms with Crippen LogP contribution in [0.25, 0.3) is 0 Å². The summed E-state index contributed by atoms with van der Waals surface area (Å²) in [5.74, 6) is -0.904. The van der Waals surface area contributed by atoms with Crippen molar-refractivity contribution in [2.75, 3.05) is 7.11 Å². The van der Waals surface area contributed by atoms with Crippen LogP contribution >= 0.6 is 0 Å². The first kappa shape index (κ1) is 9.76. The molecular formula is C7H7F3N2O. The van der Waals surface area contributed by atoms with Gasteiger partial charge in [-0.1, -0.05) is 0 Å². The van der Waals surface area contributed by atoms with E-state index in [2.05, 4.69) is 9.97 Å². The smallest absolute Gasteiger partial charge is 0.451 e. The Morgan fingerprint density at radius 1 is 1.38 bits per heavy atom. The molecule has 0 N–H and O–H groups in total. The summed E-state index contributed by atoms with van der Waals surface area (Å²) in [4.78, 5) is 6.37. The van der Waals surface area contributed by atoms with Crippen LogP contribution in [-0.2, 0) is 6.18 Å². The van der Waals surface area contributed by atoms with Crippen LogP contribution in [0.15, 0.2) is 6.20 Å². The van der Waals surface area contributed by atoms with Gasteiger partial charge in [-0.2, -0.15) is 13.2 Å². The van der Waals surface area contributed by atoms with Gasteiger partial charge in [0.25, 0.3) is 0 Å². The van der Waals surface area contributed by atoms with Crippen molar-refractivity contribution < 1.29 is 17.9 Å². The topological polar surface area (TPSA) is 35.0 Å². The van der Waals surface area contributed by atoms with E-state index in [0.717, 1.165) is 6.20 Å². The van der Waals surface area contributed by atoms with Gasteiger partial charge in [0, 0.05) is 0 Å². The van der Waals surface area contributed by atoms with E-state index in [9.17, 15) is 13.2 Å². The number of methoxy groups -OCH3 is 1. The number of hydrogen-bond donors (Lipinski definition) is 0. The van der Waals surface area contributed by atoms with Crippen molar-refractivity contribution in [2.45, 2.75) is 13.1 Å². The number of nitrogens with zero attached hydrogens (tertiary/aromatic N) is 2. The SMILES string of the molecule is COc1cnc(C(F)(F)F)nc1C. The largest absolute Gasteiger partial charge is 0.493 e. The van der Waals surface area contributed by atoms with Crippen LogP contribution in [0.3, 0.4) is 0 Å². The molecule has 1 aromatic rings. The third-order valence-corrected chi connectivity index (χ3v) is 1.41. The molecule has 0 saturated carbocycles. The summed E-state index contributed by atoms with van der Waals surface area (Å²) in [6, 6.07) is 0. The second kappa shape index (κ2) is 3.20. The van der Waals surface area contributed by atoms with Gasteiger partial charge in [0.1, 0.15) is 0 Å². The second-order valence-electron chi connectivity index (χ2n) is 2.35. The first-order chi connectivity index (χ1) is 5.95. The summed E-state index contributed by atoms with van der Waals surface area (Å²) in [6.45, 7) is 1.43. The molecule has 1 aromatic heterocycles. The maximum Gasteiger partial charge on any atom is 0.451 e. The van der Waals surface area contributed by atoms with Crippen molar-refractivity contribution in [2.24, 2.45) is 0 Å². The highest BCUT2D eigenvalue weighted by atomic mass is 19.4. The monoisotopic (exact) mass is 192 g/mol. The Bertz CT molecular complexity index is 311. The van der Waals surface area contributed by atoms with Crippen LogP contribution in [0.4, 0.5) is 13.2 Å². The Kier molecular flexibility index (Phi) is 2.40. The summed E-state index contributed by atoms with van der Waals surface area (Å²) in [6.07, 6.45) is -3.50. The van der Waals surface area contributed by atoms with Crippen LogP contribution in [0.2, 0.25) is 0 Å². The fraction of sp³-hybridized carbons (Fsp3) is 0.429. The fourth-order valence-electron chi connectivity index (χ4n) is 0.793. The molecule has 0 aliphatic heterocycles. The molecule has 0 aliphatic carbocycles. The van der Waals surface area contributed by atoms with Crippen LogP contribution in [0, 0.1) is 6.92 Å². The lowest BCUT2D eigenvalue weighted by atomic mass is 10.4. The normalized spacial score (nSPS) is 11.5. The Hall–Kier alpha value is -1.33. The average Bonchev–Trinajstić information content (AvgIpc) is 2.02. The van der Waals surface area contributed by atoms with Gasteiger partial charge in [0.2, 0.25) is 5.82 Å². The lowest BCUT2D eigenvalue weighted by Gasteiger charge is -2.07. The number of aromatic nitrogens is 2. The van der Waals surface area contributed by atoms with E-state index in [0.29, 0.717) is 0 Å². The highest BCUT2D eigenvalue weighted by Gasteiger charge is 2.34. The number of halogens is 3. The van der Waals surface area contributed by atoms with E-state index in [1.807, 2.05) is 0 Å². The number of alkyl halides is 3. The molecule has 1 heterocycles. The van der Waals surface area contributed by atoms with Gasteiger partial charge in [0.05, 0.1) is 19.0 Å². The maximum atomic E-state index is 12.0. The molecule has 0 aromatic carbocycles. The molecule has 0 spiro atoms. The Labute approximate surface area is 72.6 Å². The summed E-state index contributed by atoms with van der Waals surface area (Å²) in [5, 5.41) is 0. The van der Waals surface area contributed by atoms with Gasteiger partial charge in [0.15, 0.2) is 5.75 Å². The number of aryl methyl sites for hydroxylation is 1. The minimum atomic E-state index is -4.50. The summed E-state index contributed by atoms with van der Waals surface area (Å²) >= 11 is 0. The van der Waals surface area contributed by atoms with Gasteiger partial charge < -0.3 is 4.74 Å². The van der Waals surface area contributed by atoms with Gasteiger partial charge in [-0.05, 0) is 6.92 Å². The van der Waals surface area contributed by atoms with Crippen molar-refractivity contribution in [3.8, 4) is 5.75 Å². The Balaban J connectivity index is 3.10. The van der Waals surface area contributed by atoms with Crippen molar-refractivity contribution in [3.63, 3.8) is 0 Å². The molecule has 0 fully saturated rings. The average molecular weight is 192 g/mol. The third-order valence-electron chi connectivity index (χ3n) is 1.41. The summed E-state index contributed by atoms with van der Waals surface area (Å²) in [7, 11) is 1.35. The molecule has 13 heavy (non-hydrogen) atoms. The molecule has 0 amide bonds. The first-order valence-corrected chi connectivity index (χ1v) is 3.40. The molecule has 6 heteroatoms. The van der Waals surface area contributed by atoms with Crippen molar-refractivity contribution in [3.05, 3.63) is 17.7 Å². The molecule has 3 nitrogen and oxygen atoms in total. The minimum Gasteiger partial charge on any atom is -0.493 e. The van der Waals surface area contributed by atoms with E-state index in [4.69, 9.17) is 4.74 Å². The number of ether oxygens (including phenoxy) is 1. The molecule has 0 atom stereocenters. The van der Waals surface area contributed by atoms with E-state index < -0.39 is 12.0 Å². The van der Waals surface area contributed by atoms with Crippen molar-refractivity contribution >= 4 is 0 Å². The summed E-state index contributed by atoms with van der Waals surface area (Å²) in [5.41, 5.74) is 0.171. The second-order valence-corrected chi connectivity index (χ2v) is 2.35. The van der Waals surface area contributed by atoms with Crippen molar-refractivity contribution in [1.82, 2.24) is 9.97 Å². The molecule has 0 saturated heterocycles. The predicted octanol–water partition coefficient (Wildman–Crippen LogP) is 1.81. The van der Waals surface area contributed by atoms with Crippen LogP contribution in [0.1, 0.15) is 11.5 Å². The van der Waals surface area contributed by atoms with Crippen LogP contribution in [0.5, 0.6) is 5.75 Å². The minimum absolute atomic E-state index is 0.171. The quantitative estimate of drug-likeness (QED) is 0.680. The zero-order chi connectivity index (χ0) is 10.1. The predicted molar refractivity (Wildman–Crippen MR) is 38.3 cm³/mol. The molecule has 72 valence electrons. The molecule has 0 unspecified atom stereocenters. The van der Waals surface area contributed by atoms with E-state index in [1.54, 1.807) is 0 Å². The van der Waals surface area contributed by atoms with Gasteiger partial charge in [-0.3, -0.25) is 0 Å². The lowest BCUT2D eigenvalue weighted by molar-refractivity contribution is -0.145. The zero-order valence-corrected chi connectivity index (χ0v) is 7.01. The molecule has 0 radical (unpaired) electrons. The maximum absolute atomic E-state index is 12.0. The number of hydrogen-bond acceptors (Lipinski definition) is 3. The first-order valence-electron chi connectivity index (χ1n) is 3.40. The van der Waals surface area contributed by atoms with Gasteiger partial charge in [-0.15, -0.1) is 0 Å². The third kappa shape index (κ3) is 2.07. The van der Waals surface area contributed by atoms with E-state index in [1.165, 1.54) is 14.0 Å². The Morgan fingerprint density at radius 3 is 2.38 bits per heavy atom. The van der Waals surface area contributed by atoms with Gasteiger partial charge in [-0.25, -0.2) is 9.97 Å². The fourth-order valence-corrected chi connectivity index (χ4v) is 0.793. The highest BCUT2D eigenvalue weighted by Crippen LogP contribution is 2.27. The lowest BCUT2D eigenvalue weighted by Crippen LogP contribution is -2.11. The highest BCUT2D eigenvalue weighted by molar-refractivity contribution is 5.23. The Morgan fingerprint density at radius 2 is 2.00 bits per heavy atom. The molecule has 1 rings (SSSR count). The van der Waals surface area contributed by atoms with Crippen molar-refractivity contribution in [1.29, 1.82) is 0 Å². The van der Waals surface area contributed by atoms with Crippen LogP contribution in [-0.4, -0.2) is 17.1 Å². The van der Waals surface area contributed by atoms with Crippen LogP contribution < -0.4 is 4.74 Å². The van der Waals surface area contributed by atoms with E-state index >= 15 is 0 Å². The number of rotatable bonds is 1. The molecular weight excluding hydrogens is 185 g/mol. The zero-order valence-electron chi connectivity index (χ0n) is 7.01. The molecule has 0 aliphatic rings. The van der Waals surface area contributed by atoms with Gasteiger partial charge >= 0.3 is 6.18 Å². The standard InChI is InChI=1S/C7H7F3N2O/c1-4-5(13-2)3-11-6(12-4)7(8,9)10/h3H,1-2H3. The summed E-state index contributed by atoms with van der Waals surface area (Å²) < 4.78 is 40.8.